The Labute approximate surface area is 214 Å². The molecule has 3 rings (SSSR count). The fourth-order valence-electron chi connectivity index (χ4n) is 3.92. The van der Waals surface area contributed by atoms with Crippen molar-refractivity contribution in [2.75, 3.05) is 18.9 Å². The molecule has 3 aromatic rings. The monoisotopic (exact) mass is 520 g/mol. The van der Waals surface area contributed by atoms with Gasteiger partial charge in [-0.15, -0.1) is 0 Å². The van der Waals surface area contributed by atoms with Crippen molar-refractivity contribution in [3.05, 3.63) is 99.3 Å². The summed E-state index contributed by atoms with van der Waals surface area (Å²) in [6, 6.07) is 15.4. The molecule has 0 atom stereocenters. The van der Waals surface area contributed by atoms with E-state index < -0.39 is 23.5 Å². The number of amides is 1. The van der Waals surface area contributed by atoms with Crippen LogP contribution in [0.15, 0.2) is 60.7 Å². The van der Waals surface area contributed by atoms with Gasteiger partial charge in [0.15, 0.2) is 0 Å². The van der Waals surface area contributed by atoms with E-state index in [0.717, 1.165) is 29.3 Å². The first-order valence-electron chi connectivity index (χ1n) is 11.5. The molecule has 0 heterocycles. The number of nitrogens with one attached hydrogen (secondary N) is 1. The second kappa shape index (κ2) is 10.9. The number of rotatable bonds is 7. The molecule has 0 saturated carbocycles. The molecule has 0 radical (unpaired) electrons. The molecule has 0 aliphatic heterocycles. The number of nitrogens with zero attached hydrogens (tertiary/aromatic N) is 1. The molecule has 8 heteroatoms. The standard InChI is InChI=1S/C28H29ClF4N2O/c1-27(2,3)20-10-8-19(9-11-20)17-35(13-12-18-6-5-7-21(14-18)28(31,32)33)26(36)23-15-22(29)16-24(30)25(23)34-4/h5-11,14-16,34H,12-13,17H2,1-4H3. The van der Waals surface area contributed by atoms with E-state index in [1.165, 1.54) is 24.1 Å². The summed E-state index contributed by atoms with van der Waals surface area (Å²) in [5, 5.41) is 2.78. The van der Waals surface area contributed by atoms with Gasteiger partial charge < -0.3 is 10.2 Å². The highest BCUT2D eigenvalue weighted by Crippen LogP contribution is 2.30. The van der Waals surface area contributed by atoms with Gasteiger partial charge in [-0.1, -0.05) is 74.8 Å². The van der Waals surface area contributed by atoms with Gasteiger partial charge in [0.05, 0.1) is 16.8 Å². The van der Waals surface area contributed by atoms with E-state index in [2.05, 4.69) is 26.1 Å². The Balaban J connectivity index is 1.93. The third-order valence-electron chi connectivity index (χ3n) is 5.94. The zero-order chi connectivity index (χ0) is 26.7. The van der Waals surface area contributed by atoms with Crippen LogP contribution < -0.4 is 5.32 Å². The Morgan fingerprint density at radius 1 is 0.944 bits per heavy atom. The minimum Gasteiger partial charge on any atom is -0.385 e. The van der Waals surface area contributed by atoms with Crippen molar-refractivity contribution < 1.29 is 22.4 Å². The van der Waals surface area contributed by atoms with E-state index in [1.807, 2.05) is 24.3 Å². The summed E-state index contributed by atoms with van der Waals surface area (Å²) in [5.41, 5.74) is 1.69. The molecule has 36 heavy (non-hydrogen) atoms. The normalized spacial score (nSPS) is 11.9. The van der Waals surface area contributed by atoms with Gasteiger partial charge in [-0.2, -0.15) is 13.2 Å². The molecule has 0 unspecified atom stereocenters. The molecular formula is C28H29ClF4N2O. The average molecular weight is 521 g/mol. The van der Waals surface area contributed by atoms with E-state index >= 15 is 0 Å². The summed E-state index contributed by atoms with van der Waals surface area (Å²) in [7, 11) is 1.50. The summed E-state index contributed by atoms with van der Waals surface area (Å²) in [6.07, 6.45) is -4.27. The molecule has 0 bridgehead atoms. The maximum atomic E-state index is 14.5. The summed E-state index contributed by atoms with van der Waals surface area (Å²) in [5.74, 6) is -1.15. The third kappa shape index (κ3) is 6.78. The summed E-state index contributed by atoms with van der Waals surface area (Å²) in [6.45, 7) is 6.61. The van der Waals surface area contributed by atoms with Crippen molar-refractivity contribution in [1.29, 1.82) is 0 Å². The van der Waals surface area contributed by atoms with E-state index in [1.54, 1.807) is 6.07 Å². The van der Waals surface area contributed by atoms with Gasteiger partial charge in [0, 0.05) is 25.2 Å². The lowest BCUT2D eigenvalue weighted by Gasteiger charge is -2.25. The van der Waals surface area contributed by atoms with Crippen LogP contribution in [0, 0.1) is 5.82 Å². The van der Waals surface area contributed by atoms with Crippen LogP contribution in [0.4, 0.5) is 23.2 Å². The molecule has 0 aliphatic carbocycles. The van der Waals surface area contributed by atoms with Gasteiger partial charge in [0.2, 0.25) is 0 Å². The van der Waals surface area contributed by atoms with Gasteiger partial charge >= 0.3 is 6.18 Å². The SMILES string of the molecule is CNc1c(F)cc(Cl)cc1C(=O)N(CCc1cccc(C(F)(F)F)c1)Cc1ccc(C(C)(C)C)cc1. The molecule has 0 aromatic heterocycles. The topological polar surface area (TPSA) is 32.3 Å². The predicted molar refractivity (Wildman–Crippen MR) is 136 cm³/mol. The van der Waals surface area contributed by atoms with E-state index in [0.29, 0.717) is 5.56 Å². The predicted octanol–water partition coefficient (Wildman–Crippen LogP) is 7.72. The largest absolute Gasteiger partial charge is 0.416 e. The lowest BCUT2D eigenvalue weighted by atomic mass is 9.87. The highest BCUT2D eigenvalue weighted by Gasteiger charge is 2.30. The first-order chi connectivity index (χ1) is 16.8. The molecule has 192 valence electrons. The molecule has 0 fully saturated rings. The maximum absolute atomic E-state index is 14.5. The summed E-state index contributed by atoms with van der Waals surface area (Å²) < 4.78 is 54.0. The Hall–Kier alpha value is -3.06. The third-order valence-corrected chi connectivity index (χ3v) is 6.16. The number of alkyl halides is 3. The lowest BCUT2D eigenvalue weighted by molar-refractivity contribution is -0.137. The maximum Gasteiger partial charge on any atom is 0.416 e. The van der Waals surface area contributed by atoms with Gasteiger partial charge in [0.25, 0.3) is 5.91 Å². The molecule has 3 aromatic carbocycles. The molecule has 1 amide bonds. The quantitative estimate of drug-likeness (QED) is 0.323. The molecular weight excluding hydrogens is 492 g/mol. The van der Waals surface area contributed by atoms with Gasteiger partial charge in [-0.3, -0.25) is 4.79 Å². The van der Waals surface area contributed by atoms with Crippen molar-refractivity contribution in [1.82, 2.24) is 4.90 Å². The number of benzene rings is 3. The van der Waals surface area contributed by atoms with Gasteiger partial charge in [-0.05, 0) is 46.7 Å². The van der Waals surface area contributed by atoms with Crippen molar-refractivity contribution in [3.8, 4) is 0 Å². The smallest absolute Gasteiger partial charge is 0.385 e. The second-order valence-corrected chi connectivity index (χ2v) is 10.1. The minimum atomic E-state index is -4.46. The molecule has 3 nitrogen and oxygen atoms in total. The fraction of sp³-hybridized carbons (Fsp3) is 0.321. The Kier molecular flexibility index (Phi) is 8.34. The Bertz CT molecular complexity index is 1220. The first-order valence-corrected chi connectivity index (χ1v) is 11.9. The van der Waals surface area contributed by atoms with Crippen molar-refractivity contribution in [2.45, 2.75) is 45.3 Å². The Morgan fingerprint density at radius 3 is 2.19 bits per heavy atom. The van der Waals surface area contributed by atoms with Crippen LogP contribution in [0.2, 0.25) is 5.02 Å². The lowest BCUT2D eigenvalue weighted by Crippen LogP contribution is -2.33. The second-order valence-electron chi connectivity index (χ2n) is 9.68. The first kappa shape index (κ1) is 27.5. The zero-order valence-corrected chi connectivity index (χ0v) is 21.4. The molecule has 0 saturated heterocycles. The zero-order valence-electron chi connectivity index (χ0n) is 20.6. The van der Waals surface area contributed by atoms with Crippen molar-refractivity contribution in [2.24, 2.45) is 0 Å². The molecule has 0 aliphatic rings. The van der Waals surface area contributed by atoms with Crippen LogP contribution in [-0.2, 0) is 24.6 Å². The Morgan fingerprint density at radius 2 is 1.61 bits per heavy atom. The fourth-order valence-corrected chi connectivity index (χ4v) is 4.12. The van der Waals surface area contributed by atoms with E-state index in [9.17, 15) is 22.4 Å². The van der Waals surface area contributed by atoms with Crippen LogP contribution in [0.3, 0.4) is 0 Å². The average Bonchev–Trinajstić information content (AvgIpc) is 2.80. The van der Waals surface area contributed by atoms with Crippen LogP contribution in [0.1, 0.15) is 53.4 Å². The summed E-state index contributed by atoms with van der Waals surface area (Å²) >= 11 is 6.04. The number of hydrogen-bond donors (Lipinski definition) is 1. The van der Waals surface area contributed by atoms with E-state index in [-0.39, 0.29) is 41.2 Å². The number of halogens is 5. The minimum absolute atomic E-state index is 0.0107. The number of anilines is 1. The van der Waals surface area contributed by atoms with Crippen molar-refractivity contribution >= 4 is 23.2 Å². The van der Waals surface area contributed by atoms with Crippen LogP contribution >= 0.6 is 11.6 Å². The molecule has 1 N–H and O–H groups in total. The number of carbonyl (C=O) groups is 1. The number of hydrogen-bond acceptors (Lipinski definition) is 2. The highest BCUT2D eigenvalue weighted by atomic mass is 35.5. The molecule has 0 spiro atoms. The van der Waals surface area contributed by atoms with E-state index in [4.69, 9.17) is 11.6 Å². The van der Waals surface area contributed by atoms with Crippen LogP contribution in [0.25, 0.3) is 0 Å². The van der Waals surface area contributed by atoms with Crippen LogP contribution in [0.5, 0.6) is 0 Å². The number of carbonyl (C=O) groups excluding carboxylic acids is 1. The highest BCUT2D eigenvalue weighted by molar-refractivity contribution is 6.31. The summed E-state index contributed by atoms with van der Waals surface area (Å²) in [4.78, 5) is 15.1. The van der Waals surface area contributed by atoms with Crippen molar-refractivity contribution in [3.63, 3.8) is 0 Å². The van der Waals surface area contributed by atoms with Gasteiger partial charge in [0.1, 0.15) is 5.82 Å². The van der Waals surface area contributed by atoms with Crippen LogP contribution in [-0.4, -0.2) is 24.4 Å². The van der Waals surface area contributed by atoms with Gasteiger partial charge in [-0.25, -0.2) is 4.39 Å².